The Bertz CT molecular complexity index is 912. The molecule has 0 unspecified atom stereocenters. The Morgan fingerprint density at radius 2 is 1.97 bits per heavy atom. The van der Waals surface area contributed by atoms with Gasteiger partial charge in [-0.25, -0.2) is 4.79 Å². The van der Waals surface area contributed by atoms with Crippen LogP contribution >= 0.6 is 0 Å². The van der Waals surface area contributed by atoms with Gasteiger partial charge in [-0.05, 0) is 36.5 Å². The van der Waals surface area contributed by atoms with Crippen molar-refractivity contribution in [1.82, 2.24) is 15.1 Å². The molecule has 2 atom stereocenters. The number of benzene rings is 1. The molecule has 1 spiro atoms. The van der Waals surface area contributed by atoms with Crippen molar-refractivity contribution in [3.05, 3.63) is 60.1 Å². The molecule has 2 heterocycles. The molecule has 1 aliphatic carbocycles. The van der Waals surface area contributed by atoms with Gasteiger partial charge in [0.2, 0.25) is 5.91 Å². The summed E-state index contributed by atoms with van der Waals surface area (Å²) in [5.41, 5.74) is 0.105. The van der Waals surface area contributed by atoms with Crippen molar-refractivity contribution >= 4 is 17.8 Å². The molecule has 158 valence electrons. The average Bonchev–Trinajstić information content (AvgIpc) is 3.33. The molecule has 4 amide bonds. The van der Waals surface area contributed by atoms with Crippen molar-refractivity contribution in [3.63, 3.8) is 0 Å². The zero-order valence-corrected chi connectivity index (χ0v) is 17.2. The van der Waals surface area contributed by atoms with Crippen LogP contribution in [-0.4, -0.2) is 39.7 Å². The summed E-state index contributed by atoms with van der Waals surface area (Å²) in [5, 5.41) is 2.91. The monoisotopic (exact) mass is 409 g/mol. The Balaban J connectivity index is 1.51. The smallest absolute Gasteiger partial charge is 0.325 e. The topological polar surface area (TPSA) is 82.9 Å². The molecular weight excluding hydrogens is 382 g/mol. The molecule has 1 saturated carbocycles. The first-order valence-electron chi connectivity index (χ1n) is 10.5. The van der Waals surface area contributed by atoms with Crippen LogP contribution in [0.3, 0.4) is 0 Å². The molecule has 1 N–H and O–H groups in total. The number of carbonyl (C=O) groups excluding carboxylic acids is 3. The summed E-state index contributed by atoms with van der Waals surface area (Å²) in [7, 11) is 0. The quantitative estimate of drug-likeness (QED) is 0.742. The van der Waals surface area contributed by atoms with Crippen LogP contribution in [0.5, 0.6) is 0 Å². The maximum atomic E-state index is 13.2. The summed E-state index contributed by atoms with van der Waals surface area (Å²) >= 11 is 0. The van der Waals surface area contributed by atoms with E-state index in [9.17, 15) is 14.4 Å². The third-order valence-corrected chi connectivity index (χ3v) is 6.29. The summed E-state index contributed by atoms with van der Waals surface area (Å²) in [6, 6.07) is 12.7. The van der Waals surface area contributed by atoms with Gasteiger partial charge in [0.15, 0.2) is 0 Å². The number of rotatable bonds is 6. The Morgan fingerprint density at radius 1 is 1.17 bits per heavy atom. The van der Waals surface area contributed by atoms with Crippen LogP contribution in [0, 0.1) is 5.92 Å². The zero-order valence-electron chi connectivity index (χ0n) is 17.2. The van der Waals surface area contributed by atoms with Crippen LogP contribution in [0.1, 0.15) is 43.9 Å². The lowest BCUT2D eigenvalue weighted by Gasteiger charge is -2.36. The van der Waals surface area contributed by atoms with Crippen molar-refractivity contribution < 1.29 is 18.8 Å². The summed E-state index contributed by atoms with van der Waals surface area (Å²) < 4.78 is 5.41. The molecule has 1 saturated heterocycles. The van der Waals surface area contributed by atoms with Gasteiger partial charge in [-0.2, -0.15) is 0 Å². The van der Waals surface area contributed by atoms with Crippen molar-refractivity contribution in [2.24, 2.45) is 5.92 Å². The number of nitrogens with zero attached hydrogens (tertiary/aromatic N) is 2. The van der Waals surface area contributed by atoms with Gasteiger partial charge in [0.1, 0.15) is 17.8 Å². The van der Waals surface area contributed by atoms with Crippen LogP contribution < -0.4 is 5.32 Å². The molecule has 30 heavy (non-hydrogen) atoms. The lowest BCUT2D eigenvalue weighted by atomic mass is 9.73. The number of hydrogen-bond acceptors (Lipinski definition) is 4. The van der Waals surface area contributed by atoms with E-state index in [1.807, 2.05) is 37.3 Å². The molecule has 7 heteroatoms. The highest BCUT2D eigenvalue weighted by atomic mass is 16.3. The van der Waals surface area contributed by atoms with Crippen molar-refractivity contribution in [3.8, 4) is 0 Å². The lowest BCUT2D eigenvalue weighted by Crippen LogP contribution is -2.54. The second-order valence-electron chi connectivity index (χ2n) is 8.25. The van der Waals surface area contributed by atoms with Crippen molar-refractivity contribution in [2.45, 2.75) is 51.2 Å². The predicted octanol–water partition coefficient (Wildman–Crippen LogP) is 3.31. The number of furan rings is 1. The number of urea groups is 1. The predicted molar refractivity (Wildman–Crippen MR) is 110 cm³/mol. The van der Waals surface area contributed by atoms with Gasteiger partial charge in [0, 0.05) is 6.54 Å². The fraction of sp³-hybridized carbons (Fsp3) is 0.435. The Kier molecular flexibility index (Phi) is 5.61. The van der Waals surface area contributed by atoms with Gasteiger partial charge >= 0.3 is 6.03 Å². The normalized spacial score (nSPS) is 23.6. The van der Waals surface area contributed by atoms with Crippen molar-refractivity contribution in [2.75, 3.05) is 6.54 Å². The second kappa shape index (κ2) is 8.34. The largest absolute Gasteiger partial charge is 0.467 e. The molecule has 1 aromatic heterocycles. The summed E-state index contributed by atoms with van der Waals surface area (Å²) in [5.74, 6) is 0.144. The van der Waals surface area contributed by atoms with E-state index >= 15 is 0 Å². The standard InChI is InChI=1S/C23H27N3O4/c1-17-8-5-6-12-23(17)21(28)26(22(29)24-23)16-20(27)25(15-19-11-7-13-30-19)14-18-9-3-2-4-10-18/h2-4,7,9-11,13,17H,5-6,8,12,14-16H2,1H3,(H,24,29)/t17-,23+/m0/s1. The number of imide groups is 1. The van der Waals surface area contributed by atoms with E-state index in [1.54, 1.807) is 23.3 Å². The maximum absolute atomic E-state index is 13.2. The zero-order chi connectivity index (χ0) is 21.1. The van der Waals surface area contributed by atoms with E-state index in [0.717, 1.165) is 29.7 Å². The Labute approximate surface area is 176 Å². The van der Waals surface area contributed by atoms with Crippen LogP contribution in [0.15, 0.2) is 53.1 Å². The number of nitrogens with one attached hydrogen (secondary N) is 1. The SMILES string of the molecule is C[C@H]1CCCC[C@@]12NC(=O)N(CC(=O)N(Cc1ccccc1)Cc1ccco1)C2=O. The summed E-state index contributed by atoms with van der Waals surface area (Å²) in [4.78, 5) is 41.7. The number of hydrogen-bond donors (Lipinski definition) is 1. The van der Waals surface area contributed by atoms with E-state index in [4.69, 9.17) is 4.42 Å². The van der Waals surface area contributed by atoms with Crippen LogP contribution in [-0.2, 0) is 22.7 Å². The average molecular weight is 409 g/mol. The fourth-order valence-electron chi connectivity index (χ4n) is 4.50. The van der Waals surface area contributed by atoms with Gasteiger partial charge in [-0.15, -0.1) is 0 Å². The molecule has 2 aliphatic rings. The highest BCUT2D eigenvalue weighted by Gasteiger charge is 2.55. The third kappa shape index (κ3) is 3.84. The van der Waals surface area contributed by atoms with Crippen LogP contribution in [0.2, 0.25) is 0 Å². The van der Waals surface area contributed by atoms with Gasteiger partial charge < -0.3 is 14.6 Å². The van der Waals surface area contributed by atoms with E-state index in [0.29, 0.717) is 18.7 Å². The van der Waals surface area contributed by atoms with E-state index < -0.39 is 11.6 Å². The first-order valence-corrected chi connectivity index (χ1v) is 10.5. The molecule has 2 fully saturated rings. The molecular formula is C23H27N3O4. The molecule has 4 rings (SSSR count). The summed E-state index contributed by atoms with van der Waals surface area (Å²) in [6.07, 6.45) is 5.04. The third-order valence-electron chi connectivity index (χ3n) is 6.29. The minimum Gasteiger partial charge on any atom is -0.467 e. The fourth-order valence-corrected chi connectivity index (χ4v) is 4.50. The van der Waals surface area contributed by atoms with Gasteiger partial charge in [0.05, 0.1) is 12.8 Å². The number of amides is 4. The van der Waals surface area contributed by atoms with Gasteiger partial charge in [-0.3, -0.25) is 14.5 Å². The first-order chi connectivity index (χ1) is 14.5. The van der Waals surface area contributed by atoms with E-state index in [2.05, 4.69) is 5.32 Å². The molecule has 2 aromatic rings. The van der Waals surface area contributed by atoms with E-state index in [1.165, 1.54) is 0 Å². The highest BCUT2D eigenvalue weighted by Crippen LogP contribution is 2.38. The maximum Gasteiger partial charge on any atom is 0.325 e. The van der Waals surface area contributed by atoms with Crippen LogP contribution in [0.4, 0.5) is 4.79 Å². The van der Waals surface area contributed by atoms with Gasteiger partial charge in [0.25, 0.3) is 5.91 Å². The van der Waals surface area contributed by atoms with E-state index in [-0.39, 0.29) is 30.8 Å². The van der Waals surface area contributed by atoms with Gasteiger partial charge in [-0.1, -0.05) is 50.1 Å². The number of carbonyl (C=O) groups is 3. The molecule has 1 aliphatic heterocycles. The minimum atomic E-state index is -0.860. The van der Waals surface area contributed by atoms with Crippen LogP contribution in [0.25, 0.3) is 0 Å². The first kappa shape index (κ1) is 20.2. The van der Waals surface area contributed by atoms with Crippen molar-refractivity contribution in [1.29, 1.82) is 0 Å². The summed E-state index contributed by atoms with van der Waals surface area (Å²) in [6.45, 7) is 2.37. The minimum absolute atomic E-state index is 0.0614. The molecule has 1 aromatic carbocycles. The molecule has 7 nitrogen and oxygen atoms in total. The lowest BCUT2D eigenvalue weighted by molar-refractivity contribution is -0.141. The molecule has 0 radical (unpaired) electrons. The Hall–Kier alpha value is -3.09. The Morgan fingerprint density at radius 3 is 2.67 bits per heavy atom. The second-order valence-corrected chi connectivity index (χ2v) is 8.25. The highest BCUT2D eigenvalue weighted by molar-refractivity contribution is 6.09. The molecule has 0 bridgehead atoms.